The number of amides is 1. The molecular weight excluding hydrogens is 444 g/mol. The van der Waals surface area contributed by atoms with Crippen molar-refractivity contribution in [2.24, 2.45) is 11.3 Å². The highest BCUT2D eigenvalue weighted by Gasteiger charge is 2.64. The normalized spacial score (nSPS) is 22.8. The molecule has 1 aliphatic carbocycles. The van der Waals surface area contributed by atoms with Crippen molar-refractivity contribution in [3.05, 3.63) is 53.7 Å². The lowest BCUT2D eigenvalue weighted by atomic mass is 9.98. The molecule has 0 radical (unpaired) electrons. The van der Waals surface area contributed by atoms with Crippen LogP contribution in [0.1, 0.15) is 41.4 Å². The number of carbonyl (C=O) groups is 1. The zero-order chi connectivity index (χ0) is 23.4. The molecule has 3 atom stereocenters. The Hall–Kier alpha value is -3.21. The minimum Gasteiger partial charge on any atom is -0.491 e. The molecule has 7 nitrogen and oxygen atoms in total. The SMILES string of the molecule is CCOc1cc2nc([C@H](F)C34COCC3C4)cn2cc1NC(=O)c1cccc(C(F)(F)F)n1. The van der Waals surface area contributed by atoms with Gasteiger partial charge in [-0.1, -0.05) is 6.07 Å². The number of halogens is 4. The van der Waals surface area contributed by atoms with Gasteiger partial charge >= 0.3 is 6.18 Å². The van der Waals surface area contributed by atoms with Crippen LogP contribution in [0.15, 0.2) is 36.7 Å². The molecule has 11 heteroatoms. The minimum atomic E-state index is -4.67. The number of alkyl halides is 4. The fraction of sp³-hybridized carbons (Fsp3) is 0.409. The van der Waals surface area contributed by atoms with Crippen molar-refractivity contribution in [1.82, 2.24) is 14.4 Å². The molecule has 0 spiro atoms. The van der Waals surface area contributed by atoms with Crippen molar-refractivity contribution in [2.75, 3.05) is 25.1 Å². The third-order valence-corrected chi connectivity index (χ3v) is 6.13. The average molecular weight is 464 g/mol. The monoisotopic (exact) mass is 464 g/mol. The Morgan fingerprint density at radius 1 is 1.36 bits per heavy atom. The lowest BCUT2D eigenvalue weighted by molar-refractivity contribution is -0.141. The molecule has 3 aromatic rings. The number of anilines is 1. The Kier molecular flexibility index (Phi) is 5.04. The second kappa shape index (κ2) is 7.68. The quantitative estimate of drug-likeness (QED) is 0.546. The molecule has 174 valence electrons. The summed E-state index contributed by atoms with van der Waals surface area (Å²) in [5, 5.41) is 2.54. The molecule has 1 saturated heterocycles. The third-order valence-electron chi connectivity index (χ3n) is 6.13. The number of aromatic nitrogens is 3. The van der Waals surface area contributed by atoms with Gasteiger partial charge in [-0.2, -0.15) is 13.2 Å². The Labute approximate surface area is 185 Å². The van der Waals surface area contributed by atoms with Crippen molar-refractivity contribution < 1.29 is 31.8 Å². The van der Waals surface area contributed by atoms with Crippen LogP contribution in [0, 0.1) is 11.3 Å². The summed E-state index contributed by atoms with van der Waals surface area (Å²) in [5.74, 6) is -0.386. The van der Waals surface area contributed by atoms with Crippen LogP contribution in [0.5, 0.6) is 5.75 Å². The van der Waals surface area contributed by atoms with Crippen molar-refractivity contribution in [2.45, 2.75) is 25.7 Å². The summed E-state index contributed by atoms with van der Waals surface area (Å²) in [4.78, 5) is 20.4. The van der Waals surface area contributed by atoms with E-state index in [4.69, 9.17) is 9.47 Å². The number of fused-ring (bicyclic) bond motifs is 2. The van der Waals surface area contributed by atoms with E-state index in [-0.39, 0.29) is 29.7 Å². The van der Waals surface area contributed by atoms with Gasteiger partial charge in [0.15, 0.2) is 6.17 Å². The van der Waals surface area contributed by atoms with Crippen LogP contribution < -0.4 is 10.1 Å². The maximum absolute atomic E-state index is 15.3. The number of carbonyl (C=O) groups excluding carboxylic acids is 1. The molecule has 2 unspecified atom stereocenters. The zero-order valence-electron chi connectivity index (χ0n) is 17.5. The van der Waals surface area contributed by atoms with Crippen LogP contribution >= 0.6 is 0 Å². The van der Waals surface area contributed by atoms with Crippen LogP contribution in [-0.4, -0.2) is 40.1 Å². The van der Waals surface area contributed by atoms with Gasteiger partial charge in [0, 0.05) is 23.9 Å². The number of pyridine rings is 2. The van der Waals surface area contributed by atoms with Crippen molar-refractivity contribution in [3.63, 3.8) is 0 Å². The first-order valence-electron chi connectivity index (χ1n) is 10.4. The van der Waals surface area contributed by atoms with Crippen LogP contribution in [0.3, 0.4) is 0 Å². The number of nitrogens with one attached hydrogen (secondary N) is 1. The van der Waals surface area contributed by atoms with E-state index in [0.29, 0.717) is 18.9 Å². The predicted octanol–water partition coefficient (Wildman–Crippen LogP) is 4.45. The largest absolute Gasteiger partial charge is 0.491 e. The van der Waals surface area contributed by atoms with Gasteiger partial charge in [-0.05, 0) is 31.4 Å². The van der Waals surface area contributed by atoms with Gasteiger partial charge in [-0.25, -0.2) is 14.4 Å². The number of hydrogen-bond acceptors (Lipinski definition) is 5. The molecule has 4 heterocycles. The zero-order valence-corrected chi connectivity index (χ0v) is 17.5. The Morgan fingerprint density at radius 3 is 2.85 bits per heavy atom. The molecule has 1 amide bonds. The fourth-order valence-corrected chi connectivity index (χ4v) is 4.30. The second-order valence-corrected chi connectivity index (χ2v) is 8.29. The number of imidazole rings is 1. The number of nitrogens with zero attached hydrogens (tertiary/aromatic N) is 3. The maximum atomic E-state index is 15.3. The average Bonchev–Trinajstić information content (AvgIpc) is 3.12. The van der Waals surface area contributed by atoms with Crippen LogP contribution in [0.2, 0.25) is 0 Å². The number of hydrogen-bond donors (Lipinski definition) is 1. The van der Waals surface area contributed by atoms with E-state index in [2.05, 4.69) is 15.3 Å². The summed E-state index contributed by atoms with van der Waals surface area (Å²) < 4.78 is 66.6. The van der Waals surface area contributed by atoms with Gasteiger partial charge in [0.1, 0.15) is 28.5 Å². The summed E-state index contributed by atoms with van der Waals surface area (Å²) in [6.07, 6.45) is -2.17. The van der Waals surface area contributed by atoms with Crippen molar-refractivity contribution >= 4 is 17.2 Å². The second-order valence-electron chi connectivity index (χ2n) is 8.29. The Balaban J connectivity index is 1.45. The van der Waals surface area contributed by atoms with Gasteiger partial charge in [0.2, 0.25) is 0 Å². The molecule has 0 bridgehead atoms. The summed E-state index contributed by atoms with van der Waals surface area (Å²) >= 11 is 0. The number of rotatable bonds is 6. The van der Waals surface area contributed by atoms with Crippen molar-refractivity contribution in [1.29, 1.82) is 0 Å². The molecule has 1 aliphatic heterocycles. The highest BCUT2D eigenvalue weighted by atomic mass is 19.4. The molecule has 2 aliphatic rings. The first-order valence-corrected chi connectivity index (χ1v) is 10.4. The smallest absolute Gasteiger partial charge is 0.433 e. The van der Waals surface area contributed by atoms with Crippen LogP contribution in [0.25, 0.3) is 5.65 Å². The number of ether oxygens (including phenoxy) is 2. The lowest BCUT2D eigenvalue weighted by Crippen LogP contribution is -2.17. The standard InChI is InChI=1S/C22H20F4N4O3/c1-2-33-16-6-18-28-15(19(23)21-7-12(21)10-32-11-21)9-30(18)8-14(16)29-20(31)13-4-3-5-17(27-13)22(24,25)26/h3-6,8-9,12,19H,2,7,10-11H2,1H3,(H,29,31)/t12?,19-,21?/m0/s1. The first-order chi connectivity index (χ1) is 15.7. The molecule has 1 N–H and O–H groups in total. The van der Waals surface area contributed by atoms with E-state index in [0.717, 1.165) is 18.6 Å². The van der Waals surface area contributed by atoms with Gasteiger partial charge in [0.25, 0.3) is 5.91 Å². The third kappa shape index (κ3) is 3.79. The summed E-state index contributed by atoms with van der Waals surface area (Å²) in [6, 6.07) is 4.62. The predicted molar refractivity (Wildman–Crippen MR) is 109 cm³/mol. The van der Waals surface area contributed by atoms with Gasteiger partial charge < -0.3 is 19.2 Å². The fourth-order valence-electron chi connectivity index (χ4n) is 4.30. The van der Waals surface area contributed by atoms with Gasteiger partial charge in [0.05, 0.1) is 25.5 Å². The summed E-state index contributed by atoms with van der Waals surface area (Å²) in [7, 11) is 0. The van der Waals surface area contributed by atoms with E-state index in [9.17, 15) is 18.0 Å². The highest BCUT2D eigenvalue weighted by molar-refractivity contribution is 6.03. The van der Waals surface area contributed by atoms with E-state index in [1.165, 1.54) is 18.5 Å². The van der Waals surface area contributed by atoms with E-state index in [1.807, 2.05) is 0 Å². The Bertz CT molecular complexity index is 1230. The first kappa shape index (κ1) is 21.6. The highest BCUT2D eigenvalue weighted by Crippen LogP contribution is 2.64. The lowest BCUT2D eigenvalue weighted by Gasteiger charge is -2.14. The molecule has 33 heavy (non-hydrogen) atoms. The molecule has 2 fully saturated rings. The van der Waals surface area contributed by atoms with E-state index >= 15 is 4.39 Å². The Morgan fingerprint density at radius 2 is 2.18 bits per heavy atom. The molecular formula is C22H20F4N4O3. The maximum Gasteiger partial charge on any atom is 0.433 e. The van der Waals surface area contributed by atoms with Crippen LogP contribution in [0.4, 0.5) is 23.2 Å². The van der Waals surface area contributed by atoms with Gasteiger partial charge in [-0.15, -0.1) is 0 Å². The topological polar surface area (TPSA) is 77.8 Å². The molecule has 1 saturated carbocycles. The van der Waals surface area contributed by atoms with Gasteiger partial charge in [-0.3, -0.25) is 4.79 Å². The molecule has 3 aromatic heterocycles. The van der Waals surface area contributed by atoms with Crippen molar-refractivity contribution in [3.8, 4) is 5.75 Å². The minimum absolute atomic E-state index is 0.194. The molecule has 0 aromatic carbocycles. The summed E-state index contributed by atoms with van der Waals surface area (Å²) in [6.45, 7) is 2.93. The summed E-state index contributed by atoms with van der Waals surface area (Å²) in [5.41, 5.74) is -1.22. The van der Waals surface area contributed by atoms with E-state index in [1.54, 1.807) is 17.4 Å². The van der Waals surface area contributed by atoms with E-state index < -0.39 is 35.1 Å². The molecule has 5 rings (SSSR count). The van der Waals surface area contributed by atoms with Crippen LogP contribution in [-0.2, 0) is 10.9 Å².